The van der Waals surface area contributed by atoms with Crippen molar-refractivity contribution >= 4 is 17.5 Å². The number of piperazine rings is 1. The zero-order valence-corrected chi connectivity index (χ0v) is 15.0. The lowest BCUT2D eigenvalue weighted by atomic mass is 9.85. The standard InChI is InChI=1S/C18H28ClN3O/c1-18(2,14-15-5-3-6-16(19)13-15)17(23)21-7-4-10-22-11-8-20-9-12-22/h3,5-6,13,20H,4,7-12,14H2,1-2H3,(H,21,23). The fraction of sp³-hybridized carbons (Fsp3) is 0.611. The van der Waals surface area contributed by atoms with Crippen LogP contribution in [-0.2, 0) is 11.2 Å². The zero-order valence-electron chi connectivity index (χ0n) is 14.2. The van der Waals surface area contributed by atoms with E-state index < -0.39 is 5.41 Å². The number of nitrogens with one attached hydrogen (secondary N) is 2. The van der Waals surface area contributed by atoms with Gasteiger partial charge in [-0.1, -0.05) is 37.6 Å². The van der Waals surface area contributed by atoms with Crippen LogP contribution in [0.4, 0.5) is 0 Å². The summed E-state index contributed by atoms with van der Waals surface area (Å²) in [5.41, 5.74) is 0.665. The second kappa shape index (κ2) is 8.67. The summed E-state index contributed by atoms with van der Waals surface area (Å²) in [4.78, 5) is 14.9. The number of nitrogens with zero attached hydrogens (tertiary/aromatic N) is 1. The lowest BCUT2D eigenvalue weighted by Crippen LogP contribution is -2.44. The van der Waals surface area contributed by atoms with E-state index in [-0.39, 0.29) is 5.91 Å². The van der Waals surface area contributed by atoms with Gasteiger partial charge in [-0.3, -0.25) is 4.79 Å². The van der Waals surface area contributed by atoms with Crippen molar-refractivity contribution in [3.05, 3.63) is 34.9 Å². The van der Waals surface area contributed by atoms with Crippen LogP contribution in [0.25, 0.3) is 0 Å². The summed E-state index contributed by atoms with van der Waals surface area (Å²) in [6, 6.07) is 7.74. The van der Waals surface area contributed by atoms with E-state index in [0.717, 1.165) is 56.3 Å². The first-order chi connectivity index (χ1) is 11.0. The number of halogens is 1. The highest BCUT2D eigenvalue weighted by molar-refractivity contribution is 6.30. The first-order valence-corrected chi connectivity index (χ1v) is 8.81. The van der Waals surface area contributed by atoms with Crippen molar-refractivity contribution in [3.63, 3.8) is 0 Å². The number of amides is 1. The lowest BCUT2D eigenvalue weighted by Gasteiger charge is -2.27. The Hall–Kier alpha value is -1.10. The van der Waals surface area contributed by atoms with Crippen molar-refractivity contribution in [1.82, 2.24) is 15.5 Å². The number of hydrogen-bond donors (Lipinski definition) is 2. The third-order valence-electron chi connectivity index (χ3n) is 4.30. The van der Waals surface area contributed by atoms with Crippen molar-refractivity contribution < 1.29 is 4.79 Å². The van der Waals surface area contributed by atoms with E-state index in [0.29, 0.717) is 6.42 Å². The molecule has 0 aliphatic carbocycles. The molecule has 1 saturated heterocycles. The molecule has 1 heterocycles. The van der Waals surface area contributed by atoms with E-state index in [9.17, 15) is 4.79 Å². The Morgan fingerprint density at radius 3 is 2.78 bits per heavy atom. The molecule has 0 aromatic heterocycles. The summed E-state index contributed by atoms with van der Waals surface area (Å²) in [5.74, 6) is 0.109. The molecule has 1 aromatic rings. The van der Waals surface area contributed by atoms with Gasteiger partial charge in [-0.2, -0.15) is 0 Å². The Balaban J connectivity index is 1.72. The number of hydrogen-bond acceptors (Lipinski definition) is 3. The van der Waals surface area contributed by atoms with E-state index in [1.54, 1.807) is 0 Å². The van der Waals surface area contributed by atoms with Gasteiger partial charge >= 0.3 is 0 Å². The monoisotopic (exact) mass is 337 g/mol. The van der Waals surface area contributed by atoms with Crippen molar-refractivity contribution in [2.45, 2.75) is 26.7 Å². The van der Waals surface area contributed by atoms with Gasteiger partial charge in [0.2, 0.25) is 5.91 Å². The fourth-order valence-electron chi connectivity index (χ4n) is 2.92. The summed E-state index contributed by atoms with van der Waals surface area (Å²) < 4.78 is 0. The van der Waals surface area contributed by atoms with Crippen molar-refractivity contribution in [1.29, 1.82) is 0 Å². The summed E-state index contributed by atoms with van der Waals surface area (Å²) >= 11 is 6.02. The number of benzene rings is 1. The molecule has 2 N–H and O–H groups in total. The molecular weight excluding hydrogens is 310 g/mol. The summed E-state index contributed by atoms with van der Waals surface area (Å²) in [6.07, 6.45) is 1.69. The molecule has 1 aromatic carbocycles. The topological polar surface area (TPSA) is 44.4 Å². The van der Waals surface area contributed by atoms with Crippen LogP contribution in [0.3, 0.4) is 0 Å². The van der Waals surface area contributed by atoms with E-state index in [4.69, 9.17) is 11.6 Å². The molecule has 1 fully saturated rings. The third kappa shape index (κ3) is 6.13. The minimum atomic E-state index is -0.431. The molecule has 0 radical (unpaired) electrons. The largest absolute Gasteiger partial charge is 0.356 e. The Kier molecular flexibility index (Phi) is 6.88. The molecule has 0 atom stereocenters. The maximum atomic E-state index is 12.4. The SMILES string of the molecule is CC(C)(Cc1cccc(Cl)c1)C(=O)NCCCN1CCNCC1. The Labute approximate surface area is 144 Å². The molecule has 0 unspecified atom stereocenters. The summed E-state index contributed by atoms with van der Waals surface area (Å²) in [7, 11) is 0. The van der Waals surface area contributed by atoms with Crippen molar-refractivity contribution in [2.24, 2.45) is 5.41 Å². The van der Waals surface area contributed by atoms with E-state index in [2.05, 4.69) is 15.5 Å². The molecule has 1 amide bonds. The van der Waals surface area contributed by atoms with Gasteiger partial charge in [0.05, 0.1) is 0 Å². The smallest absolute Gasteiger partial charge is 0.225 e. The second-order valence-corrected chi connectivity index (χ2v) is 7.33. The number of carbonyl (C=O) groups is 1. The molecule has 4 nitrogen and oxygen atoms in total. The van der Waals surface area contributed by atoms with Crippen LogP contribution in [0.2, 0.25) is 5.02 Å². The van der Waals surface area contributed by atoms with Crippen LogP contribution in [0.5, 0.6) is 0 Å². The molecule has 1 aliphatic rings. The average molecular weight is 338 g/mol. The minimum Gasteiger partial charge on any atom is -0.356 e. The van der Waals surface area contributed by atoms with E-state index in [1.165, 1.54) is 0 Å². The van der Waals surface area contributed by atoms with E-state index in [1.807, 2.05) is 38.1 Å². The third-order valence-corrected chi connectivity index (χ3v) is 4.53. The van der Waals surface area contributed by atoms with Gasteiger partial charge in [0.1, 0.15) is 0 Å². The molecule has 2 rings (SSSR count). The molecule has 0 bridgehead atoms. The van der Waals surface area contributed by atoms with Gasteiger partial charge in [-0.15, -0.1) is 0 Å². The molecular formula is C18H28ClN3O. The normalized spacial score (nSPS) is 16.3. The van der Waals surface area contributed by atoms with Gasteiger partial charge in [0.25, 0.3) is 0 Å². The second-order valence-electron chi connectivity index (χ2n) is 6.89. The predicted molar refractivity (Wildman–Crippen MR) is 95.9 cm³/mol. The molecule has 0 saturated carbocycles. The van der Waals surface area contributed by atoms with Crippen molar-refractivity contribution in [3.8, 4) is 0 Å². The van der Waals surface area contributed by atoms with Crippen molar-refractivity contribution in [2.75, 3.05) is 39.3 Å². The Morgan fingerprint density at radius 2 is 2.09 bits per heavy atom. The van der Waals surface area contributed by atoms with Gasteiger partial charge in [0, 0.05) is 43.2 Å². The first kappa shape index (κ1) is 18.2. The molecule has 0 spiro atoms. The van der Waals surface area contributed by atoms with Crippen LogP contribution in [0, 0.1) is 5.41 Å². The molecule has 1 aliphatic heterocycles. The first-order valence-electron chi connectivity index (χ1n) is 8.43. The zero-order chi connectivity index (χ0) is 16.7. The predicted octanol–water partition coefficient (Wildman–Crippen LogP) is 2.32. The highest BCUT2D eigenvalue weighted by atomic mass is 35.5. The maximum Gasteiger partial charge on any atom is 0.225 e. The maximum absolute atomic E-state index is 12.4. The van der Waals surface area contributed by atoms with Gasteiger partial charge in [0.15, 0.2) is 0 Å². The summed E-state index contributed by atoms with van der Waals surface area (Å²) in [5, 5.41) is 7.15. The van der Waals surface area contributed by atoms with Crippen LogP contribution < -0.4 is 10.6 Å². The highest BCUT2D eigenvalue weighted by Crippen LogP contribution is 2.23. The quantitative estimate of drug-likeness (QED) is 0.750. The van der Waals surface area contributed by atoms with Gasteiger partial charge < -0.3 is 15.5 Å². The highest BCUT2D eigenvalue weighted by Gasteiger charge is 2.27. The van der Waals surface area contributed by atoms with Crippen LogP contribution in [0.15, 0.2) is 24.3 Å². The van der Waals surface area contributed by atoms with Crippen LogP contribution >= 0.6 is 11.6 Å². The fourth-order valence-corrected chi connectivity index (χ4v) is 3.13. The molecule has 128 valence electrons. The Morgan fingerprint density at radius 1 is 1.35 bits per heavy atom. The number of rotatable bonds is 7. The van der Waals surface area contributed by atoms with Gasteiger partial charge in [-0.25, -0.2) is 0 Å². The van der Waals surface area contributed by atoms with Gasteiger partial charge in [-0.05, 0) is 37.1 Å². The van der Waals surface area contributed by atoms with Crippen LogP contribution in [0.1, 0.15) is 25.8 Å². The molecule has 23 heavy (non-hydrogen) atoms. The van der Waals surface area contributed by atoms with Crippen LogP contribution in [-0.4, -0.2) is 50.1 Å². The lowest BCUT2D eigenvalue weighted by molar-refractivity contribution is -0.129. The molecule has 5 heteroatoms. The average Bonchev–Trinajstić information content (AvgIpc) is 2.52. The Bertz CT molecular complexity index is 513. The number of carbonyl (C=O) groups excluding carboxylic acids is 1. The minimum absolute atomic E-state index is 0.109. The summed E-state index contributed by atoms with van der Waals surface area (Å²) in [6.45, 7) is 10.1. The van der Waals surface area contributed by atoms with E-state index >= 15 is 0 Å².